The van der Waals surface area contributed by atoms with Crippen molar-refractivity contribution < 1.29 is 18.4 Å². The van der Waals surface area contributed by atoms with Crippen LogP contribution in [-0.4, -0.2) is 60.3 Å². The van der Waals surface area contributed by atoms with Gasteiger partial charge in [0.25, 0.3) is 5.92 Å². The van der Waals surface area contributed by atoms with Gasteiger partial charge in [0.15, 0.2) is 0 Å². The van der Waals surface area contributed by atoms with E-state index in [2.05, 4.69) is 5.32 Å². The Bertz CT molecular complexity index is 683. The molecular weight excluding hydrogens is 364 g/mol. The lowest BCUT2D eigenvalue weighted by Crippen LogP contribution is -2.50. The molecule has 3 rings (SSSR count). The Morgan fingerprint density at radius 1 is 1.14 bits per heavy atom. The van der Waals surface area contributed by atoms with Gasteiger partial charge in [-0.3, -0.25) is 14.5 Å². The SMILES string of the molecule is Cc1ccc(CNC(=O)CN2CCCC(C(=O)N3CCC(F)(F)CC3)C2)cc1. The molecule has 2 saturated heterocycles. The van der Waals surface area contributed by atoms with Gasteiger partial charge in [-0.15, -0.1) is 0 Å². The molecule has 1 unspecified atom stereocenters. The number of alkyl halides is 2. The maximum atomic E-state index is 13.3. The van der Waals surface area contributed by atoms with Crippen molar-refractivity contribution in [1.29, 1.82) is 0 Å². The fraction of sp³-hybridized carbons (Fsp3) is 0.619. The van der Waals surface area contributed by atoms with Crippen LogP contribution in [0.5, 0.6) is 0 Å². The minimum Gasteiger partial charge on any atom is -0.351 e. The second-order valence-electron chi connectivity index (χ2n) is 8.02. The van der Waals surface area contributed by atoms with Crippen LogP contribution in [0.1, 0.15) is 36.8 Å². The molecule has 0 bridgehead atoms. The molecule has 2 aliphatic rings. The quantitative estimate of drug-likeness (QED) is 0.837. The molecule has 154 valence electrons. The monoisotopic (exact) mass is 393 g/mol. The molecular formula is C21H29F2N3O2. The summed E-state index contributed by atoms with van der Waals surface area (Å²) in [6.45, 7) is 4.30. The van der Waals surface area contributed by atoms with Crippen LogP contribution in [0, 0.1) is 12.8 Å². The number of halogens is 2. The van der Waals surface area contributed by atoms with Crippen LogP contribution < -0.4 is 5.32 Å². The molecule has 2 fully saturated rings. The second-order valence-corrected chi connectivity index (χ2v) is 8.02. The number of aryl methyl sites for hydroxylation is 1. The van der Waals surface area contributed by atoms with E-state index in [1.165, 1.54) is 5.56 Å². The van der Waals surface area contributed by atoms with Crippen molar-refractivity contribution in [2.75, 3.05) is 32.7 Å². The van der Waals surface area contributed by atoms with E-state index in [9.17, 15) is 18.4 Å². The lowest BCUT2D eigenvalue weighted by atomic mass is 9.95. The number of piperidine rings is 2. The third kappa shape index (κ3) is 5.74. The molecule has 0 radical (unpaired) electrons. The molecule has 2 amide bonds. The van der Waals surface area contributed by atoms with Crippen molar-refractivity contribution in [3.8, 4) is 0 Å². The van der Waals surface area contributed by atoms with Gasteiger partial charge in [-0.25, -0.2) is 8.78 Å². The molecule has 0 aromatic heterocycles. The molecule has 7 heteroatoms. The average Bonchev–Trinajstić information content (AvgIpc) is 2.67. The summed E-state index contributed by atoms with van der Waals surface area (Å²) in [5.41, 5.74) is 2.23. The van der Waals surface area contributed by atoms with Crippen molar-refractivity contribution in [2.45, 2.75) is 45.1 Å². The van der Waals surface area contributed by atoms with E-state index in [1.807, 2.05) is 36.1 Å². The van der Waals surface area contributed by atoms with Crippen LogP contribution in [0.3, 0.4) is 0 Å². The normalized spacial score (nSPS) is 22.7. The molecule has 5 nitrogen and oxygen atoms in total. The summed E-state index contributed by atoms with van der Waals surface area (Å²) < 4.78 is 26.6. The van der Waals surface area contributed by atoms with Crippen LogP contribution in [0.2, 0.25) is 0 Å². The summed E-state index contributed by atoms with van der Waals surface area (Å²) in [7, 11) is 0. The minimum absolute atomic E-state index is 0.0414. The molecule has 28 heavy (non-hydrogen) atoms. The molecule has 0 aliphatic carbocycles. The van der Waals surface area contributed by atoms with Gasteiger partial charge in [0, 0.05) is 39.0 Å². The number of likely N-dealkylation sites (tertiary alicyclic amines) is 2. The minimum atomic E-state index is -2.65. The first-order valence-corrected chi connectivity index (χ1v) is 10.0. The summed E-state index contributed by atoms with van der Waals surface area (Å²) in [6.07, 6.45) is 1.09. The number of hydrogen-bond donors (Lipinski definition) is 1. The summed E-state index contributed by atoms with van der Waals surface area (Å²) in [5, 5.41) is 2.92. The number of nitrogens with one attached hydrogen (secondary N) is 1. The number of amides is 2. The Morgan fingerprint density at radius 2 is 1.82 bits per heavy atom. The summed E-state index contributed by atoms with van der Waals surface area (Å²) >= 11 is 0. The van der Waals surface area contributed by atoms with E-state index < -0.39 is 5.92 Å². The van der Waals surface area contributed by atoms with Crippen molar-refractivity contribution in [1.82, 2.24) is 15.1 Å². The highest BCUT2D eigenvalue weighted by molar-refractivity contribution is 5.80. The Balaban J connectivity index is 1.44. The van der Waals surface area contributed by atoms with Crippen LogP contribution in [-0.2, 0) is 16.1 Å². The lowest BCUT2D eigenvalue weighted by molar-refractivity contribution is -0.144. The van der Waals surface area contributed by atoms with Crippen molar-refractivity contribution in [3.63, 3.8) is 0 Å². The Kier molecular flexibility index (Phi) is 6.65. The highest BCUT2D eigenvalue weighted by atomic mass is 19.3. The highest BCUT2D eigenvalue weighted by Gasteiger charge is 2.38. The number of benzene rings is 1. The Labute approximate surface area is 165 Å². The standard InChI is InChI=1S/C21H29F2N3O2/c1-16-4-6-17(7-5-16)13-24-19(27)15-25-10-2-3-18(14-25)20(28)26-11-8-21(22,23)9-12-26/h4-7,18H,2-3,8-15H2,1H3,(H,24,27). The Hall–Kier alpha value is -2.02. The summed E-state index contributed by atoms with van der Waals surface area (Å²) in [6, 6.07) is 8.01. The second kappa shape index (κ2) is 8.99. The van der Waals surface area contributed by atoms with E-state index in [1.54, 1.807) is 4.90 Å². The van der Waals surface area contributed by atoms with E-state index in [0.717, 1.165) is 24.9 Å². The molecule has 1 atom stereocenters. The smallest absolute Gasteiger partial charge is 0.251 e. The third-order valence-electron chi connectivity index (χ3n) is 5.64. The number of nitrogens with zero attached hydrogens (tertiary/aromatic N) is 2. The number of carbonyl (C=O) groups excluding carboxylic acids is 2. The first-order chi connectivity index (χ1) is 13.3. The molecule has 0 saturated carbocycles. The van der Waals surface area contributed by atoms with Gasteiger partial charge in [-0.05, 0) is 31.9 Å². The Morgan fingerprint density at radius 3 is 2.50 bits per heavy atom. The van der Waals surface area contributed by atoms with Gasteiger partial charge in [-0.2, -0.15) is 0 Å². The predicted molar refractivity (Wildman–Crippen MR) is 103 cm³/mol. The van der Waals surface area contributed by atoms with Crippen molar-refractivity contribution in [3.05, 3.63) is 35.4 Å². The zero-order valence-electron chi connectivity index (χ0n) is 16.4. The van der Waals surface area contributed by atoms with Gasteiger partial charge in [0.05, 0.1) is 12.5 Å². The molecule has 1 aromatic rings. The van der Waals surface area contributed by atoms with Crippen molar-refractivity contribution in [2.24, 2.45) is 5.92 Å². The predicted octanol–water partition coefficient (Wildman–Crippen LogP) is 2.58. The summed E-state index contributed by atoms with van der Waals surface area (Å²) in [4.78, 5) is 28.5. The average molecular weight is 393 g/mol. The highest BCUT2D eigenvalue weighted by Crippen LogP contribution is 2.29. The van der Waals surface area contributed by atoms with Gasteiger partial charge >= 0.3 is 0 Å². The largest absolute Gasteiger partial charge is 0.351 e. The summed E-state index contributed by atoms with van der Waals surface area (Å²) in [5.74, 6) is -2.96. The van der Waals surface area contributed by atoms with Crippen LogP contribution in [0.4, 0.5) is 8.78 Å². The third-order valence-corrected chi connectivity index (χ3v) is 5.64. The maximum Gasteiger partial charge on any atom is 0.251 e. The van der Waals surface area contributed by atoms with Gasteiger partial charge < -0.3 is 10.2 Å². The van der Waals surface area contributed by atoms with Gasteiger partial charge in [0.1, 0.15) is 0 Å². The van der Waals surface area contributed by atoms with E-state index in [4.69, 9.17) is 0 Å². The van der Waals surface area contributed by atoms with Crippen LogP contribution >= 0.6 is 0 Å². The topological polar surface area (TPSA) is 52.7 Å². The fourth-order valence-electron chi connectivity index (χ4n) is 3.88. The van der Waals surface area contributed by atoms with E-state index in [0.29, 0.717) is 13.1 Å². The molecule has 2 heterocycles. The fourth-order valence-corrected chi connectivity index (χ4v) is 3.88. The van der Waals surface area contributed by atoms with Gasteiger partial charge in [-0.1, -0.05) is 29.8 Å². The zero-order valence-corrected chi connectivity index (χ0v) is 16.4. The maximum absolute atomic E-state index is 13.3. The molecule has 0 spiro atoms. The number of carbonyl (C=O) groups is 2. The first kappa shape index (κ1) is 20.7. The molecule has 2 aliphatic heterocycles. The van der Waals surface area contributed by atoms with Gasteiger partial charge in [0.2, 0.25) is 11.8 Å². The lowest BCUT2D eigenvalue weighted by Gasteiger charge is -2.37. The number of rotatable bonds is 5. The number of hydrogen-bond acceptors (Lipinski definition) is 3. The van der Waals surface area contributed by atoms with Crippen molar-refractivity contribution >= 4 is 11.8 Å². The zero-order chi connectivity index (χ0) is 20.1. The van der Waals surface area contributed by atoms with Crippen LogP contribution in [0.15, 0.2) is 24.3 Å². The van der Waals surface area contributed by atoms with E-state index >= 15 is 0 Å². The van der Waals surface area contributed by atoms with Crippen LogP contribution in [0.25, 0.3) is 0 Å². The molecule has 1 aromatic carbocycles. The first-order valence-electron chi connectivity index (χ1n) is 10.0. The van der Waals surface area contributed by atoms with E-state index in [-0.39, 0.29) is 50.2 Å². The molecule has 1 N–H and O–H groups in total.